The highest BCUT2D eigenvalue weighted by atomic mass is 32.2. The highest BCUT2D eigenvalue weighted by Gasteiger charge is 2.24. The van der Waals surface area contributed by atoms with Crippen LogP contribution in [0.1, 0.15) is 18.0 Å². The van der Waals surface area contributed by atoms with Gasteiger partial charge in [-0.05, 0) is 5.56 Å². The van der Waals surface area contributed by atoms with Crippen molar-refractivity contribution in [2.45, 2.75) is 17.4 Å². The van der Waals surface area contributed by atoms with Gasteiger partial charge in [0.25, 0.3) is 0 Å². The van der Waals surface area contributed by atoms with Crippen LogP contribution in [0.5, 0.6) is 0 Å². The first-order chi connectivity index (χ1) is 9.88. The molecule has 0 radical (unpaired) electrons. The lowest BCUT2D eigenvalue weighted by Crippen LogP contribution is -2.30. The number of aromatic nitrogens is 2. The second kappa shape index (κ2) is 6.06. The maximum absolute atomic E-state index is 12.3. The molecule has 0 fully saturated rings. The van der Waals surface area contributed by atoms with Crippen molar-refractivity contribution in [3.8, 4) is 0 Å². The smallest absolute Gasteiger partial charge is 0.305 e. The highest BCUT2D eigenvalue weighted by molar-refractivity contribution is 7.89. The zero-order valence-electron chi connectivity index (χ0n) is 11.3. The number of carboxylic acids is 1. The molecule has 1 atom stereocenters. The average Bonchev–Trinajstić information content (AvgIpc) is 2.86. The van der Waals surface area contributed by atoms with Crippen molar-refractivity contribution >= 4 is 16.0 Å². The van der Waals surface area contributed by atoms with Gasteiger partial charge in [-0.1, -0.05) is 30.3 Å². The topological polar surface area (TPSA) is 101 Å². The number of benzene rings is 1. The summed E-state index contributed by atoms with van der Waals surface area (Å²) in [6, 6.07) is 7.75. The number of carbonyl (C=O) groups is 1. The number of aryl methyl sites for hydroxylation is 1. The summed E-state index contributed by atoms with van der Waals surface area (Å²) in [4.78, 5) is 11.0. The van der Waals surface area contributed by atoms with Gasteiger partial charge in [0, 0.05) is 13.2 Å². The summed E-state index contributed by atoms with van der Waals surface area (Å²) in [7, 11) is -2.23. The Morgan fingerprint density at radius 3 is 2.57 bits per heavy atom. The zero-order chi connectivity index (χ0) is 15.5. The summed E-state index contributed by atoms with van der Waals surface area (Å²) in [5.41, 5.74) is 0.590. The molecule has 2 N–H and O–H groups in total. The fourth-order valence-electron chi connectivity index (χ4n) is 1.88. The second-order valence-corrected chi connectivity index (χ2v) is 6.25. The van der Waals surface area contributed by atoms with Crippen LogP contribution in [-0.2, 0) is 21.9 Å². The lowest BCUT2D eigenvalue weighted by atomic mass is 10.1. The first kappa shape index (κ1) is 15.2. The summed E-state index contributed by atoms with van der Waals surface area (Å²) >= 11 is 0. The van der Waals surface area contributed by atoms with E-state index in [1.807, 2.05) is 0 Å². The third-order valence-corrected chi connectivity index (χ3v) is 4.30. The molecular formula is C13H15N3O4S. The minimum Gasteiger partial charge on any atom is -0.481 e. The molecule has 0 amide bonds. The number of nitrogens with one attached hydrogen (secondary N) is 1. The number of nitrogens with zero attached hydrogens (tertiary/aromatic N) is 2. The van der Waals surface area contributed by atoms with E-state index in [-0.39, 0.29) is 11.3 Å². The van der Waals surface area contributed by atoms with Crippen molar-refractivity contribution < 1.29 is 18.3 Å². The number of aliphatic carboxylic acids is 1. The van der Waals surface area contributed by atoms with Crippen LogP contribution >= 0.6 is 0 Å². The molecule has 1 heterocycles. The van der Waals surface area contributed by atoms with Crippen molar-refractivity contribution in [3.05, 3.63) is 48.3 Å². The van der Waals surface area contributed by atoms with Crippen molar-refractivity contribution in [2.24, 2.45) is 7.05 Å². The Morgan fingerprint density at radius 2 is 2.05 bits per heavy atom. The molecule has 1 aromatic carbocycles. The average molecular weight is 309 g/mol. The fourth-order valence-corrected chi connectivity index (χ4v) is 3.09. The zero-order valence-corrected chi connectivity index (χ0v) is 12.1. The Bertz CT molecular complexity index is 725. The first-order valence-corrected chi connectivity index (χ1v) is 7.64. The number of rotatable bonds is 6. The van der Waals surface area contributed by atoms with Gasteiger partial charge in [0.1, 0.15) is 4.90 Å². The molecule has 1 aromatic heterocycles. The van der Waals surface area contributed by atoms with Crippen LogP contribution in [0.15, 0.2) is 47.6 Å². The fraction of sp³-hybridized carbons (Fsp3) is 0.231. The van der Waals surface area contributed by atoms with Crippen LogP contribution in [0.25, 0.3) is 0 Å². The Balaban J connectivity index is 2.29. The molecule has 0 saturated heterocycles. The van der Waals surface area contributed by atoms with Crippen molar-refractivity contribution in [1.29, 1.82) is 0 Å². The van der Waals surface area contributed by atoms with Gasteiger partial charge in [0.2, 0.25) is 10.0 Å². The van der Waals surface area contributed by atoms with Gasteiger partial charge in [0.15, 0.2) is 0 Å². The van der Waals surface area contributed by atoms with E-state index in [0.717, 1.165) is 0 Å². The molecule has 0 bridgehead atoms. The van der Waals surface area contributed by atoms with Crippen LogP contribution in [-0.4, -0.2) is 29.3 Å². The van der Waals surface area contributed by atoms with E-state index in [0.29, 0.717) is 5.56 Å². The lowest BCUT2D eigenvalue weighted by Gasteiger charge is -2.16. The van der Waals surface area contributed by atoms with Gasteiger partial charge in [-0.25, -0.2) is 13.1 Å². The molecule has 21 heavy (non-hydrogen) atoms. The monoisotopic (exact) mass is 309 g/mol. The molecule has 0 spiro atoms. The highest BCUT2D eigenvalue weighted by Crippen LogP contribution is 2.20. The van der Waals surface area contributed by atoms with Crippen molar-refractivity contribution in [1.82, 2.24) is 14.5 Å². The number of hydrogen-bond acceptors (Lipinski definition) is 4. The first-order valence-electron chi connectivity index (χ1n) is 6.16. The number of hydrogen-bond donors (Lipinski definition) is 2. The van der Waals surface area contributed by atoms with E-state index in [1.54, 1.807) is 37.4 Å². The minimum absolute atomic E-state index is 0.00341. The van der Waals surface area contributed by atoms with Gasteiger partial charge in [-0.3, -0.25) is 9.48 Å². The van der Waals surface area contributed by atoms with Gasteiger partial charge >= 0.3 is 5.97 Å². The minimum atomic E-state index is -3.83. The normalized spacial score (nSPS) is 13.0. The van der Waals surface area contributed by atoms with Crippen LogP contribution in [0.3, 0.4) is 0 Å². The van der Waals surface area contributed by atoms with Gasteiger partial charge < -0.3 is 5.11 Å². The molecule has 8 heteroatoms. The number of sulfonamides is 1. The summed E-state index contributed by atoms with van der Waals surface area (Å²) in [5, 5.41) is 12.8. The summed E-state index contributed by atoms with van der Waals surface area (Å²) in [6.07, 6.45) is 2.22. The van der Waals surface area contributed by atoms with E-state index in [4.69, 9.17) is 5.11 Å². The third-order valence-electron chi connectivity index (χ3n) is 2.87. The van der Waals surface area contributed by atoms with E-state index in [1.165, 1.54) is 17.1 Å². The van der Waals surface area contributed by atoms with Gasteiger partial charge in [-0.15, -0.1) is 0 Å². The van der Waals surface area contributed by atoms with Gasteiger partial charge in [-0.2, -0.15) is 5.10 Å². The molecule has 0 aliphatic carbocycles. The molecule has 0 aliphatic rings. The second-order valence-electron chi connectivity index (χ2n) is 4.53. The molecular weight excluding hydrogens is 294 g/mol. The van der Waals surface area contributed by atoms with Crippen LogP contribution in [0.4, 0.5) is 0 Å². The predicted molar refractivity (Wildman–Crippen MR) is 75.0 cm³/mol. The Kier molecular flexibility index (Phi) is 4.39. The van der Waals surface area contributed by atoms with Crippen molar-refractivity contribution in [3.63, 3.8) is 0 Å². The summed E-state index contributed by atoms with van der Waals surface area (Å²) < 4.78 is 28.3. The Labute approximate surface area is 122 Å². The summed E-state index contributed by atoms with van der Waals surface area (Å²) in [6.45, 7) is 0. The largest absolute Gasteiger partial charge is 0.481 e. The van der Waals surface area contributed by atoms with Crippen molar-refractivity contribution in [2.75, 3.05) is 0 Å². The lowest BCUT2D eigenvalue weighted by molar-refractivity contribution is -0.137. The molecule has 2 rings (SSSR count). The molecule has 0 saturated carbocycles. The SMILES string of the molecule is Cn1cc(S(=O)(=O)NC(CC(=O)O)c2ccccc2)cn1. The third kappa shape index (κ3) is 3.89. The van der Waals surface area contributed by atoms with Crippen LogP contribution < -0.4 is 4.72 Å². The molecule has 7 nitrogen and oxygen atoms in total. The predicted octanol–water partition coefficient (Wildman–Crippen LogP) is 0.914. The molecule has 1 unspecified atom stereocenters. The number of carboxylic acid groups (broad SMARTS) is 1. The van der Waals surface area contributed by atoms with Crippen LogP contribution in [0, 0.1) is 0 Å². The van der Waals surface area contributed by atoms with E-state index < -0.39 is 22.0 Å². The quantitative estimate of drug-likeness (QED) is 0.826. The molecule has 2 aromatic rings. The Hall–Kier alpha value is -2.19. The maximum Gasteiger partial charge on any atom is 0.305 e. The molecule has 112 valence electrons. The molecule has 0 aliphatic heterocycles. The van der Waals surface area contributed by atoms with E-state index in [9.17, 15) is 13.2 Å². The maximum atomic E-state index is 12.3. The summed E-state index contributed by atoms with van der Waals surface area (Å²) in [5.74, 6) is -1.09. The Morgan fingerprint density at radius 1 is 1.38 bits per heavy atom. The van der Waals surface area contributed by atoms with E-state index in [2.05, 4.69) is 9.82 Å². The van der Waals surface area contributed by atoms with Gasteiger partial charge in [0.05, 0.1) is 18.7 Å². The van der Waals surface area contributed by atoms with Crippen LogP contribution in [0.2, 0.25) is 0 Å². The standard InChI is InChI=1S/C13H15N3O4S/c1-16-9-11(8-14-16)21(19,20)15-12(7-13(17)18)10-5-3-2-4-6-10/h2-6,8-9,12,15H,7H2,1H3,(H,17,18). The van der Waals surface area contributed by atoms with E-state index >= 15 is 0 Å².